The number of nitrogens with zero attached hydrogens (tertiary/aromatic N) is 1. The lowest BCUT2D eigenvalue weighted by Crippen LogP contribution is -2.30. The first-order chi connectivity index (χ1) is 8.54. The van der Waals surface area contributed by atoms with Crippen LogP contribution in [0.25, 0.3) is 0 Å². The third-order valence-corrected chi connectivity index (χ3v) is 8.41. The van der Waals surface area contributed by atoms with E-state index < -0.39 is 7.22 Å². The lowest BCUT2D eigenvalue weighted by Gasteiger charge is -2.30. The van der Waals surface area contributed by atoms with E-state index in [0.29, 0.717) is 6.04 Å². The maximum Gasteiger partial charge on any atom is 0.109 e. The SMILES string of the molecule is C[Si](C)(C)SC1CCCC/C1=N\C1CCCCC1. The number of hydrogen-bond donors (Lipinski definition) is 0. The van der Waals surface area contributed by atoms with Gasteiger partial charge in [0.15, 0.2) is 0 Å². The van der Waals surface area contributed by atoms with Crippen molar-refractivity contribution >= 4 is 24.1 Å². The molecule has 2 aliphatic carbocycles. The summed E-state index contributed by atoms with van der Waals surface area (Å²) in [7, 11) is -1.02. The molecule has 0 aliphatic heterocycles. The molecule has 0 heterocycles. The highest BCUT2D eigenvalue weighted by molar-refractivity contribution is 8.29. The van der Waals surface area contributed by atoms with Gasteiger partial charge in [0.25, 0.3) is 0 Å². The molecule has 1 unspecified atom stereocenters. The summed E-state index contributed by atoms with van der Waals surface area (Å²) in [6, 6.07) is 0.677. The summed E-state index contributed by atoms with van der Waals surface area (Å²) in [5, 5.41) is 0.771. The lowest BCUT2D eigenvalue weighted by atomic mass is 9.94. The van der Waals surface area contributed by atoms with Crippen molar-refractivity contribution in [3.8, 4) is 0 Å². The standard InChI is InChI=1S/C15H29NSSi/c1-18(2,3)17-15-12-8-7-11-14(15)16-13-9-5-4-6-10-13/h13,15H,4-12H2,1-3H3/b16-14+. The largest absolute Gasteiger partial charge is 0.290 e. The van der Waals surface area contributed by atoms with Gasteiger partial charge in [-0.1, -0.05) is 45.3 Å². The molecule has 2 aliphatic rings. The second-order valence-electron chi connectivity index (χ2n) is 6.88. The Morgan fingerprint density at radius 2 is 1.61 bits per heavy atom. The van der Waals surface area contributed by atoms with Crippen molar-refractivity contribution < 1.29 is 0 Å². The summed E-state index contributed by atoms with van der Waals surface area (Å²) in [6.07, 6.45) is 12.5. The minimum atomic E-state index is -1.02. The Hall–Kier alpha value is 0.237. The summed E-state index contributed by atoms with van der Waals surface area (Å²) >= 11 is 2.28. The lowest BCUT2D eigenvalue weighted by molar-refractivity contribution is 0.441. The van der Waals surface area contributed by atoms with Gasteiger partial charge in [0.2, 0.25) is 0 Å². The first-order valence-corrected chi connectivity index (χ1v) is 12.9. The molecule has 0 spiro atoms. The van der Waals surface area contributed by atoms with Gasteiger partial charge in [-0.15, -0.1) is 0 Å². The second-order valence-corrected chi connectivity index (χ2v) is 16.3. The van der Waals surface area contributed by atoms with Crippen molar-refractivity contribution in [2.75, 3.05) is 0 Å². The third-order valence-electron chi connectivity index (χ3n) is 3.94. The van der Waals surface area contributed by atoms with E-state index in [-0.39, 0.29) is 0 Å². The average Bonchev–Trinajstić information content (AvgIpc) is 2.31. The summed E-state index contributed by atoms with van der Waals surface area (Å²) in [4.78, 5) is 5.18. The highest BCUT2D eigenvalue weighted by Gasteiger charge is 2.27. The predicted molar refractivity (Wildman–Crippen MR) is 87.5 cm³/mol. The van der Waals surface area contributed by atoms with Crippen molar-refractivity contribution in [3.63, 3.8) is 0 Å². The average molecular weight is 284 g/mol. The quantitative estimate of drug-likeness (QED) is 0.643. The molecule has 2 fully saturated rings. The van der Waals surface area contributed by atoms with Gasteiger partial charge in [0.05, 0.1) is 0 Å². The van der Waals surface area contributed by atoms with Crippen LogP contribution in [-0.4, -0.2) is 24.2 Å². The molecular weight excluding hydrogens is 254 g/mol. The van der Waals surface area contributed by atoms with Crippen LogP contribution < -0.4 is 0 Å². The summed E-state index contributed by atoms with van der Waals surface area (Å²) < 4.78 is 0. The molecule has 3 heteroatoms. The van der Waals surface area contributed by atoms with Crippen LogP contribution in [0.15, 0.2) is 4.99 Å². The van der Waals surface area contributed by atoms with E-state index in [2.05, 4.69) is 30.9 Å². The Balaban J connectivity index is 1.99. The minimum absolute atomic E-state index is 0.677. The molecule has 2 rings (SSSR count). The van der Waals surface area contributed by atoms with Crippen LogP contribution in [0.4, 0.5) is 0 Å². The highest BCUT2D eigenvalue weighted by Crippen LogP contribution is 2.34. The zero-order valence-corrected chi connectivity index (χ0v) is 14.2. The first-order valence-electron chi connectivity index (χ1n) is 7.79. The van der Waals surface area contributed by atoms with E-state index in [4.69, 9.17) is 4.99 Å². The number of rotatable bonds is 3. The van der Waals surface area contributed by atoms with Gasteiger partial charge in [-0.05, 0) is 32.1 Å². The van der Waals surface area contributed by atoms with E-state index >= 15 is 0 Å². The molecule has 0 amide bonds. The van der Waals surface area contributed by atoms with Crippen LogP contribution >= 0.6 is 11.2 Å². The molecule has 0 radical (unpaired) electrons. The molecule has 0 N–H and O–H groups in total. The van der Waals surface area contributed by atoms with E-state index in [0.717, 1.165) is 5.25 Å². The molecule has 0 bridgehead atoms. The molecule has 2 saturated carbocycles. The molecular formula is C15H29NSSi. The van der Waals surface area contributed by atoms with Gasteiger partial charge in [0, 0.05) is 17.0 Å². The molecule has 0 saturated heterocycles. The van der Waals surface area contributed by atoms with E-state index in [1.165, 1.54) is 57.8 Å². The van der Waals surface area contributed by atoms with Gasteiger partial charge in [-0.3, -0.25) is 4.99 Å². The molecule has 1 atom stereocenters. The van der Waals surface area contributed by atoms with Gasteiger partial charge < -0.3 is 0 Å². The molecule has 104 valence electrons. The van der Waals surface area contributed by atoms with Crippen LogP contribution in [0, 0.1) is 0 Å². The summed E-state index contributed by atoms with van der Waals surface area (Å²) in [5.74, 6) is 0. The Bertz CT molecular complexity index is 289. The molecule has 0 aromatic carbocycles. The van der Waals surface area contributed by atoms with Crippen molar-refractivity contribution in [2.45, 2.75) is 88.7 Å². The smallest absolute Gasteiger partial charge is 0.109 e. The fourth-order valence-corrected chi connectivity index (χ4v) is 7.88. The number of aliphatic imine (C=N–C) groups is 1. The second kappa shape index (κ2) is 6.60. The van der Waals surface area contributed by atoms with Crippen LogP contribution in [0.3, 0.4) is 0 Å². The van der Waals surface area contributed by atoms with E-state index in [1.807, 2.05) is 0 Å². The van der Waals surface area contributed by atoms with Crippen molar-refractivity contribution in [3.05, 3.63) is 0 Å². The first kappa shape index (κ1) is 14.6. The molecule has 18 heavy (non-hydrogen) atoms. The normalized spacial score (nSPS) is 29.7. The Labute approximate surface area is 118 Å². The van der Waals surface area contributed by atoms with Crippen molar-refractivity contribution in [1.29, 1.82) is 0 Å². The summed E-state index contributed by atoms with van der Waals surface area (Å²) in [6.45, 7) is 7.43. The monoisotopic (exact) mass is 283 g/mol. The van der Waals surface area contributed by atoms with Crippen LogP contribution in [0.2, 0.25) is 19.6 Å². The van der Waals surface area contributed by atoms with Gasteiger partial charge >= 0.3 is 0 Å². The Morgan fingerprint density at radius 1 is 0.944 bits per heavy atom. The van der Waals surface area contributed by atoms with E-state index in [1.54, 1.807) is 5.71 Å². The van der Waals surface area contributed by atoms with Crippen molar-refractivity contribution in [2.24, 2.45) is 4.99 Å². The van der Waals surface area contributed by atoms with Crippen LogP contribution in [0.5, 0.6) is 0 Å². The third kappa shape index (κ3) is 4.73. The fraction of sp³-hybridized carbons (Fsp3) is 0.933. The Kier molecular flexibility index (Phi) is 5.37. The minimum Gasteiger partial charge on any atom is -0.290 e. The van der Waals surface area contributed by atoms with Gasteiger partial charge in [-0.25, -0.2) is 0 Å². The molecule has 0 aromatic rings. The molecule has 0 aromatic heterocycles. The maximum atomic E-state index is 5.18. The van der Waals surface area contributed by atoms with Crippen LogP contribution in [0.1, 0.15) is 57.8 Å². The van der Waals surface area contributed by atoms with Crippen LogP contribution in [-0.2, 0) is 0 Å². The molecule has 1 nitrogen and oxygen atoms in total. The summed E-state index contributed by atoms with van der Waals surface area (Å²) in [5.41, 5.74) is 1.58. The fourth-order valence-electron chi connectivity index (χ4n) is 3.11. The highest BCUT2D eigenvalue weighted by atomic mass is 32.4. The van der Waals surface area contributed by atoms with E-state index in [9.17, 15) is 0 Å². The number of hydrogen-bond acceptors (Lipinski definition) is 2. The van der Waals surface area contributed by atoms with Gasteiger partial charge in [-0.2, -0.15) is 11.2 Å². The zero-order valence-electron chi connectivity index (χ0n) is 12.4. The van der Waals surface area contributed by atoms with Gasteiger partial charge in [0.1, 0.15) is 7.22 Å². The predicted octanol–water partition coefficient (Wildman–Crippen LogP) is 5.27. The Morgan fingerprint density at radius 3 is 2.28 bits per heavy atom. The maximum absolute atomic E-state index is 5.18. The topological polar surface area (TPSA) is 12.4 Å². The zero-order chi connectivity index (χ0) is 13.0. The van der Waals surface area contributed by atoms with Crippen molar-refractivity contribution in [1.82, 2.24) is 0 Å².